The van der Waals surface area contributed by atoms with Crippen LogP contribution in [-0.4, -0.2) is 38.5 Å². The molecular weight excluding hydrogens is 446 g/mol. The minimum atomic E-state index is -0.529. The first-order chi connectivity index (χ1) is 16.9. The maximum atomic E-state index is 13.2. The van der Waals surface area contributed by atoms with Crippen molar-refractivity contribution in [3.63, 3.8) is 0 Å². The highest BCUT2D eigenvalue weighted by Gasteiger charge is 2.18. The number of carbonyl (C=O) groups is 2. The van der Waals surface area contributed by atoms with Crippen molar-refractivity contribution in [1.29, 1.82) is 0 Å². The molecule has 0 radical (unpaired) electrons. The predicted octanol–water partition coefficient (Wildman–Crippen LogP) is 6.23. The highest BCUT2D eigenvalue weighted by molar-refractivity contribution is 6.06. The monoisotopic (exact) mass is 483 g/mol. The molecule has 1 N–H and O–H groups in total. The number of carbonyl (C=O) groups excluding carboxylic acids is 2. The molecule has 1 heterocycles. The molecule has 190 valence electrons. The molecular formula is C28H37NO6. The summed E-state index contributed by atoms with van der Waals surface area (Å²) >= 11 is 0. The Morgan fingerprint density at radius 1 is 1.09 bits per heavy atom. The van der Waals surface area contributed by atoms with Gasteiger partial charge in [-0.2, -0.15) is 0 Å². The number of benzene rings is 2. The SMILES string of the molecule is C=C(C)c1ccc(OCC)c(NC(=O)c2cc(COC3CCCCO3)cc(C(=O)OC)c2)c1.CC. The third-order valence-electron chi connectivity index (χ3n) is 5.27. The molecule has 2 aromatic rings. The Morgan fingerprint density at radius 2 is 1.83 bits per heavy atom. The first kappa shape index (κ1) is 28.1. The van der Waals surface area contributed by atoms with Crippen molar-refractivity contribution in [2.75, 3.05) is 25.6 Å². The molecule has 0 aromatic heterocycles. The second-order valence-corrected chi connectivity index (χ2v) is 7.90. The van der Waals surface area contributed by atoms with Crippen molar-refractivity contribution >= 4 is 23.1 Å². The molecule has 0 bridgehead atoms. The van der Waals surface area contributed by atoms with E-state index >= 15 is 0 Å². The highest BCUT2D eigenvalue weighted by atomic mass is 16.7. The minimum absolute atomic E-state index is 0.213. The number of ether oxygens (including phenoxy) is 4. The zero-order chi connectivity index (χ0) is 25.8. The van der Waals surface area contributed by atoms with E-state index in [9.17, 15) is 9.59 Å². The van der Waals surface area contributed by atoms with Crippen molar-refractivity contribution in [2.24, 2.45) is 0 Å². The largest absolute Gasteiger partial charge is 0.492 e. The van der Waals surface area contributed by atoms with Gasteiger partial charge in [0.15, 0.2) is 6.29 Å². The highest BCUT2D eigenvalue weighted by Crippen LogP contribution is 2.29. The van der Waals surface area contributed by atoms with E-state index in [1.165, 1.54) is 13.2 Å². The quantitative estimate of drug-likeness (QED) is 0.426. The van der Waals surface area contributed by atoms with Gasteiger partial charge >= 0.3 is 5.97 Å². The predicted molar refractivity (Wildman–Crippen MR) is 138 cm³/mol. The zero-order valence-electron chi connectivity index (χ0n) is 21.4. The van der Waals surface area contributed by atoms with Gasteiger partial charge in [0.05, 0.1) is 31.6 Å². The van der Waals surface area contributed by atoms with Crippen molar-refractivity contribution in [3.8, 4) is 5.75 Å². The number of nitrogens with one attached hydrogen (secondary N) is 1. The first-order valence-corrected chi connectivity index (χ1v) is 12.1. The molecule has 0 spiro atoms. The number of hydrogen-bond donors (Lipinski definition) is 1. The van der Waals surface area contributed by atoms with E-state index in [4.69, 9.17) is 18.9 Å². The van der Waals surface area contributed by atoms with Crippen LogP contribution in [0, 0.1) is 0 Å². The van der Waals surface area contributed by atoms with Crippen molar-refractivity contribution in [3.05, 3.63) is 65.2 Å². The molecule has 1 unspecified atom stereocenters. The third kappa shape index (κ3) is 8.23. The number of anilines is 1. The van der Waals surface area contributed by atoms with E-state index in [1.54, 1.807) is 18.2 Å². The average molecular weight is 484 g/mol. The van der Waals surface area contributed by atoms with Crippen LogP contribution >= 0.6 is 0 Å². The number of hydrogen-bond acceptors (Lipinski definition) is 6. The molecule has 1 atom stereocenters. The van der Waals surface area contributed by atoms with Gasteiger partial charge in [0.25, 0.3) is 5.91 Å². The molecule has 1 fully saturated rings. The number of rotatable bonds is 9. The molecule has 1 aliphatic rings. The lowest BCUT2D eigenvalue weighted by Crippen LogP contribution is -2.22. The lowest BCUT2D eigenvalue weighted by atomic mass is 10.0. The van der Waals surface area contributed by atoms with E-state index in [2.05, 4.69) is 11.9 Å². The summed E-state index contributed by atoms with van der Waals surface area (Å²) in [6.07, 6.45) is 2.62. The van der Waals surface area contributed by atoms with Crippen molar-refractivity contribution < 1.29 is 28.5 Å². The smallest absolute Gasteiger partial charge is 0.337 e. The van der Waals surface area contributed by atoms with Crippen molar-refractivity contribution in [2.45, 2.75) is 59.9 Å². The van der Waals surface area contributed by atoms with Crippen molar-refractivity contribution in [1.82, 2.24) is 0 Å². The van der Waals surface area contributed by atoms with Gasteiger partial charge in [-0.3, -0.25) is 4.79 Å². The Balaban J connectivity index is 0.00000210. The lowest BCUT2D eigenvalue weighted by molar-refractivity contribution is -0.168. The van der Waals surface area contributed by atoms with Gasteiger partial charge in [0.2, 0.25) is 0 Å². The summed E-state index contributed by atoms with van der Waals surface area (Å²) in [5.74, 6) is -0.354. The second kappa shape index (κ2) is 14.3. The summed E-state index contributed by atoms with van der Waals surface area (Å²) in [6, 6.07) is 10.4. The Hall–Kier alpha value is -3.16. The van der Waals surface area contributed by atoms with Crippen LogP contribution in [0.5, 0.6) is 5.75 Å². The van der Waals surface area contributed by atoms with Crippen LogP contribution in [0.4, 0.5) is 5.69 Å². The standard InChI is InChI=1S/C26H31NO6.C2H6/c1-5-31-23-10-9-19(17(2)3)15-22(23)27-25(28)20-12-18(13-21(14-20)26(29)30-4)16-33-24-8-6-7-11-32-24;1-2/h9-10,12-15,24H,2,5-8,11,16H2,1,3-4H3,(H,27,28);1-2H3. The zero-order valence-corrected chi connectivity index (χ0v) is 21.4. The molecule has 0 aliphatic carbocycles. The summed E-state index contributed by atoms with van der Waals surface area (Å²) in [5, 5.41) is 2.90. The fourth-order valence-corrected chi connectivity index (χ4v) is 3.54. The first-order valence-electron chi connectivity index (χ1n) is 12.1. The minimum Gasteiger partial charge on any atom is -0.492 e. The van der Waals surface area contributed by atoms with E-state index in [-0.39, 0.29) is 24.4 Å². The van der Waals surface area contributed by atoms with Crippen LogP contribution < -0.4 is 10.1 Å². The summed E-state index contributed by atoms with van der Waals surface area (Å²) in [7, 11) is 1.30. The van der Waals surface area contributed by atoms with Gasteiger partial charge in [-0.15, -0.1) is 0 Å². The normalized spacial score (nSPS) is 14.8. The molecule has 0 saturated carbocycles. The Bertz CT molecular complexity index is 1010. The molecule has 3 rings (SSSR count). The Kier molecular flexibility index (Phi) is 11.5. The van der Waals surface area contributed by atoms with E-state index in [0.717, 1.165) is 30.4 Å². The number of methoxy groups -OCH3 is 1. The second-order valence-electron chi connectivity index (χ2n) is 7.90. The molecule has 1 amide bonds. The Labute approximate surface area is 208 Å². The lowest BCUT2D eigenvalue weighted by Gasteiger charge is -2.23. The van der Waals surface area contributed by atoms with Gasteiger partial charge in [-0.05, 0) is 74.6 Å². The molecule has 7 nitrogen and oxygen atoms in total. The van der Waals surface area contributed by atoms with Gasteiger partial charge in [-0.1, -0.05) is 32.1 Å². The van der Waals surface area contributed by atoms with Gasteiger partial charge in [0, 0.05) is 12.2 Å². The summed E-state index contributed by atoms with van der Waals surface area (Å²) in [4.78, 5) is 25.4. The van der Waals surface area contributed by atoms with Gasteiger partial charge in [-0.25, -0.2) is 4.79 Å². The van der Waals surface area contributed by atoms with Crippen LogP contribution in [0.1, 0.15) is 78.8 Å². The maximum Gasteiger partial charge on any atom is 0.337 e. The summed E-state index contributed by atoms with van der Waals surface area (Å²) in [6.45, 7) is 13.1. The molecule has 35 heavy (non-hydrogen) atoms. The average Bonchev–Trinajstić information content (AvgIpc) is 2.89. The van der Waals surface area contributed by atoms with E-state index in [0.29, 0.717) is 35.8 Å². The maximum absolute atomic E-state index is 13.2. The Morgan fingerprint density at radius 3 is 2.46 bits per heavy atom. The third-order valence-corrected chi connectivity index (χ3v) is 5.27. The van der Waals surface area contributed by atoms with E-state index in [1.807, 2.05) is 39.8 Å². The topological polar surface area (TPSA) is 83.1 Å². The number of esters is 1. The van der Waals surface area contributed by atoms with Crippen LogP contribution in [0.25, 0.3) is 5.57 Å². The van der Waals surface area contributed by atoms with Crippen LogP contribution in [0.15, 0.2) is 43.0 Å². The summed E-state index contributed by atoms with van der Waals surface area (Å²) < 4.78 is 22.0. The van der Waals surface area contributed by atoms with Gasteiger partial charge in [0.1, 0.15) is 5.75 Å². The number of amides is 1. The molecule has 7 heteroatoms. The van der Waals surface area contributed by atoms with Crippen LogP contribution in [-0.2, 0) is 20.8 Å². The fourth-order valence-electron chi connectivity index (χ4n) is 3.54. The van der Waals surface area contributed by atoms with Crippen LogP contribution in [0.2, 0.25) is 0 Å². The molecule has 2 aromatic carbocycles. The summed E-state index contributed by atoms with van der Waals surface area (Å²) in [5.41, 5.74) is 3.54. The van der Waals surface area contributed by atoms with E-state index < -0.39 is 5.97 Å². The van der Waals surface area contributed by atoms with Crippen LogP contribution in [0.3, 0.4) is 0 Å². The van der Waals surface area contributed by atoms with Gasteiger partial charge < -0.3 is 24.3 Å². The fraction of sp³-hybridized carbons (Fsp3) is 0.429. The molecule has 1 saturated heterocycles. The molecule has 1 aliphatic heterocycles. The number of allylic oxidation sites excluding steroid dienone is 1.